The minimum atomic E-state index is -3.62. The second-order valence-electron chi connectivity index (χ2n) is 8.18. The molecule has 4 atom stereocenters. The topological polar surface area (TPSA) is 65.2 Å². The van der Waals surface area contributed by atoms with E-state index in [0.29, 0.717) is 12.1 Å². The van der Waals surface area contributed by atoms with Gasteiger partial charge in [-0.1, -0.05) is 24.5 Å². The highest BCUT2D eigenvalue weighted by Gasteiger charge is 2.34. The minimum absolute atomic E-state index is 0.000926. The first-order valence-corrected chi connectivity index (χ1v) is 12.2. The van der Waals surface area contributed by atoms with Crippen LogP contribution in [0.5, 0.6) is 0 Å². The van der Waals surface area contributed by atoms with Crippen molar-refractivity contribution in [2.45, 2.75) is 37.6 Å². The number of anilines is 1. The van der Waals surface area contributed by atoms with Crippen molar-refractivity contribution in [2.75, 3.05) is 24.6 Å². The number of ether oxygens (including phenoxy) is 1. The minimum Gasteiger partial charge on any atom is -0.371 e. The number of morpholine rings is 1. The largest absolute Gasteiger partial charge is 0.371 e. The highest BCUT2D eigenvalue weighted by atomic mass is 31.0. The summed E-state index contributed by atoms with van der Waals surface area (Å²) in [6.07, 6.45) is 4.11. The van der Waals surface area contributed by atoms with Crippen LogP contribution in [0.3, 0.4) is 0 Å². The number of hydrogen-bond donors (Lipinski definition) is 0. The molecule has 3 aromatic heterocycles. The molecule has 35 heavy (non-hydrogen) atoms. The number of aryl methyl sites for hydroxylation is 1. The molecule has 0 spiro atoms. The maximum Gasteiger partial charge on any atom is 0.286 e. The van der Waals surface area contributed by atoms with E-state index in [1.54, 1.807) is 28.0 Å². The summed E-state index contributed by atoms with van der Waals surface area (Å²) in [6, 6.07) is 4.04. The van der Waals surface area contributed by atoms with Gasteiger partial charge in [0.25, 0.3) is 11.2 Å². The summed E-state index contributed by atoms with van der Waals surface area (Å²) < 4.78 is 65.9. The Kier molecular flexibility index (Phi) is 7.60. The molecule has 0 radical (unpaired) electrons. The van der Waals surface area contributed by atoms with Gasteiger partial charge < -0.3 is 9.64 Å². The van der Waals surface area contributed by atoms with Crippen LogP contribution >= 0.6 is 18.5 Å². The Balaban J connectivity index is 1.79. The van der Waals surface area contributed by atoms with Crippen LogP contribution in [-0.2, 0) is 23.4 Å². The summed E-state index contributed by atoms with van der Waals surface area (Å²) in [7, 11) is 3.31. The fourth-order valence-electron chi connectivity index (χ4n) is 3.87. The molecule has 4 rings (SSSR count). The van der Waals surface area contributed by atoms with Crippen LogP contribution in [0.15, 0.2) is 41.6 Å². The Bertz CT molecular complexity index is 1260. The smallest absolute Gasteiger partial charge is 0.286 e. The average molecular weight is 529 g/mol. The molecule has 13 heteroatoms. The zero-order valence-electron chi connectivity index (χ0n) is 18.9. The van der Waals surface area contributed by atoms with Gasteiger partial charge in [-0.25, -0.2) is 13.8 Å². The zero-order chi connectivity index (χ0) is 25.3. The first-order chi connectivity index (χ1) is 16.6. The van der Waals surface area contributed by atoms with Gasteiger partial charge in [0, 0.05) is 44.0 Å². The number of hydrogen-bond acceptors (Lipinski definition) is 5. The average Bonchev–Trinajstić information content (AvgIpc) is 3.28. The summed E-state index contributed by atoms with van der Waals surface area (Å²) in [4.78, 5) is 19.0. The fraction of sp³-hybridized carbons (Fsp3) is 0.409. The van der Waals surface area contributed by atoms with Crippen molar-refractivity contribution in [1.82, 2.24) is 19.3 Å². The predicted octanol–water partition coefficient (Wildman–Crippen LogP) is 3.48. The quantitative estimate of drug-likeness (QED) is 0.347. The summed E-state index contributed by atoms with van der Waals surface area (Å²) in [6.45, 7) is 3.00. The van der Waals surface area contributed by atoms with E-state index >= 15 is 4.39 Å². The molecular weight excluding hydrogens is 504 g/mol. The van der Waals surface area contributed by atoms with E-state index in [1.165, 1.54) is 21.5 Å². The molecule has 4 heterocycles. The van der Waals surface area contributed by atoms with Crippen molar-refractivity contribution in [1.29, 1.82) is 0 Å². The number of rotatable bonds is 7. The van der Waals surface area contributed by atoms with E-state index in [-0.39, 0.29) is 31.9 Å². The molecule has 7 nitrogen and oxygen atoms in total. The van der Waals surface area contributed by atoms with Crippen LogP contribution in [-0.4, -0.2) is 51.0 Å². The monoisotopic (exact) mass is 529 g/mol. The summed E-state index contributed by atoms with van der Waals surface area (Å²) >= 11 is 0. The molecule has 0 saturated carbocycles. The Morgan fingerprint density at radius 2 is 2.14 bits per heavy atom. The SMILES string of the molecule is CCn1cc(Cc2cccn(-c3nc(N4CCOC(C(F)P)C4)cc(C(F)(F)P)c3F)c2=O)cn1. The third-order valence-electron chi connectivity index (χ3n) is 5.72. The van der Waals surface area contributed by atoms with E-state index in [1.807, 2.05) is 16.2 Å². The molecule has 1 fully saturated rings. The van der Waals surface area contributed by atoms with Crippen molar-refractivity contribution in [3.8, 4) is 5.82 Å². The summed E-state index contributed by atoms with van der Waals surface area (Å²) in [5.74, 6) is -3.25. The number of pyridine rings is 2. The molecule has 1 aliphatic heterocycles. The number of halogens is 4. The van der Waals surface area contributed by atoms with Gasteiger partial charge in [-0.15, -0.1) is 0 Å². The summed E-state index contributed by atoms with van der Waals surface area (Å²) in [5, 5.41) is 4.18. The normalized spacial score (nSPS) is 17.6. The lowest BCUT2D eigenvalue weighted by Gasteiger charge is -2.35. The van der Waals surface area contributed by atoms with Gasteiger partial charge in [0.1, 0.15) is 17.8 Å². The maximum absolute atomic E-state index is 15.4. The van der Waals surface area contributed by atoms with Crippen LogP contribution in [0.2, 0.25) is 0 Å². The van der Waals surface area contributed by atoms with Crippen molar-refractivity contribution in [2.24, 2.45) is 0 Å². The lowest BCUT2D eigenvalue weighted by atomic mass is 10.1. The van der Waals surface area contributed by atoms with Crippen molar-refractivity contribution < 1.29 is 22.3 Å². The Morgan fingerprint density at radius 3 is 2.80 bits per heavy atom. The molecule has 0 amide bonds. The molecule has 0 aromatic carbocycles. The third-order valence-corrected chi connectivity index (χ3v) is 6.46. The van der Waals surface area contributed by atoms with Crippen molar-refractivity contribution >= 4 is 24.3 Å². The van der Waals surface area contributed by atoms with Gasteiger partial charge in [-0.2, -0.15) is 13.9 Å². The maximum atomic E-state index is 15.4. The number of aromatic nitrogens is 4. The summed E-state index contributed by atoms with van der Waals surface area (Å²) in [5.41, 5.74) is -4.05. The molecular formula is C22H25F4N5O2P2. The van der Waals surface area contributed by atoms with Gasteiger partial charge in [-0.05, 0) is 24.6 Å². The molecule has 3 aromatic rings. The lowest BCUT2D eigenvalue weighted by Crippen LogP contribution is -2.46. The van der Waals surface area contributed by atoms with Crippen molar-refractivity contribution in [3.63, 3.8) is 0 Å². The molecule has 4 unspecified atom stereocenters. The van der Waals surface area contributed by atoms with Crippen molar-refractivity contribution in [3.05, 3.63) is 69.7 Å². The van der Waals surface area contributed by atoms with Gasteiger partial charge in [0.05, 0.1) is 18.4 Å². The van der Waals surface area contributed by atoms with Gasteiger partial charge in [0.2, 0.25) is 0 Å². The van der Waals surface area contributed by atoms with Gasteiger partial charge in [-0.3, -0.25) is 14.0 Å². The number of nitrogens with zero attached hydrogens (tertiary/aromatic N) is 5. The van der Waals surface area contributed by atoms with E-state index in [2.05, 4.69) is 10.1 Å². The standard InChI is InChI=1S/C22H25F4N5O2P2/c1-2-30-11-13(10-27-30)8-14-4-3-5-31(21(14)32)20-18(23)15(22(25,26)35)9-17(28-20)29-6-7-33-16(12-29)19(24)34/h3-5,9-11,16,19H,2,6-8,12,34-35H2,1H3. The molecule has 1 aliphatic rings. The highest BCUT2D eigenvalue weighted by molar-refractivity contribution is 7.17. The first-order valence-electron chi connectivity index (χ1n) is 10.9. The van der Waals surface area contributed by atoms with Crippen LogP contribution in [0.4, 0.5) is 23.4 Å². The molecule has 188 valence electrons. The Hall–Kier alpha value is -2.35. The van der Waals surface area contributed by atoms with Gasteiger partial charge in [0.15, 0.2) is 11.6 Å². The molecule has 1 saturated heterocycles. The Morgan fingerprint density at radius 1 is 1.37 bits per heavy atom. The second kappa shape index (κ2) is 10.3. The van der Waals surface area contributed by atoms with Crippen LogP contribution in [0.1, 0.15) is 23.6 Å². The highest BCUT2D eigenvalue weighted by Crippen LogP contribution is 2.39. The van der Waals surface area contributed by atoms with E-state index in [4.69, 9.17) is 4.74 Å². The molecule has 0 bridgehead atoms. The first kappa shape index (κ1) is 25.7. The van der Waals surface area contributed by atoms with E-state index < -0.39 is 40.4 Å². The third kappa shape index (κ3) is 5.57. The van der Waals surface area contributed by atoms with E-state index in [0.717, 1.165) is 16.2 Å². The molecule has 0 N–H and O–H groups in total. The fourth-order valence-corrected chi connectivity index (χ4v) is 4.32. The van der Waals surface area contributed by atoms with Crippen LogP contribution < -0.4 is 10.5 Å². The van der Waals surface area contributed by atoms with Crippen LogP contribution in [0.25, 0.3) is 5.82 Å². The van der Waals surface area contributed by atoms with Gasteiger partial charge >= 0.3 is 0 Å². The second-order valence-corrected chi connectivity index (χ2v) is 9.54. The van der Waals surface area contributed by atoms with Crippen LogP contribution in [0, 0.1) is 5.82 Å². The lowest BCUT2D eigenvalue weighted by molar-refractivity contribution is 0.0141. The predicted molar refractivity (Wildman–Crippen MR) is 131 cm³/mol. The Labute approximate surface area is 203 Å². The number of alkyl halides is 3. The molecule has 0 aliphatic carbocycles. The van der Waals surface area contributed by atoms with E-state index in [9.17, 15) is 18.0 Å². The zero-order valence-corrected chi connectivity index (χ0v) is 21.2.